The van der Waals surface area contributed by atoms with Crippen molar-refractivity contribution in [2.24, 2.45) is 11.5 Å². The molecular formula is C6H21N2O3P. The maximum absolute atomic E-state index is 7.95. The van der Waals surface area contributed by atoms with E-state index in [1.54, 1.807) is 6.92 Å². The van der Waals surface area contributed by atoms with Gasteiger partial charge in [-0.2, -0.15) is 0 Å². The van der Waals surface area contributed by atoms with E-state index in [0.29, 0.717) is 6.61 Å². The second kappa shape index (κ2) is 22.5. The van der Waals surface area contributed by atoms with Crippen LogP contribution in [0, 0.1) is 0 Å². The molecule has 0 unspecified atom stereocenters. The van der Waals surface area contributed by atoms with Gasteiger partial charge in [0.1, 0.15) is 0 Å². The van der Waals surface area contributed by atoms with E-state index in [-0.39, 0.29) is 0 Å². The van der Waals surface area contributed by atoms with Gasteiger partial charge >= 0.3 is 8.60 Å². The summed E-state index contributed by atoms with van der Waals surface area (Å²) in [6.07, 6.45) is 0. The van der Waals surface area contributed by atoms with Crippen LogP contribution >= 0.6 is 8.60 Å². The van der Waals surface area contributed by atoms with Crippen LogP contribution in [-0.4, -0.2) is 29.5 Å². The van der Waals surface area contributed by atoms with Gasteiger partial charge in [-0.15, -0.1) is 0 Å². The fourth-order valence-corrected chi connectivity index (χ4v) is 0.346. The highest BCUT2D eigenvalue weighted by molar-refractivity contribution is 7.39. The Kier molecular flexibility index (Phi) is 33.9. The van der Waals surface area contributed by atoms with E-state index in [0.717, 1.165) is 13.1 Å². The number of hydrogen-bond donors (Lipinski definition) is 4. The Bertz CT molecular complexity index is 56.1. The SMILES string of the molecule is CCN.CCN.CCOP(O)O. The van der Waals surface area contributed by atoms with Crippen LogP contribution in [0.5, 0.6) is 0 Å². The van der Waals surface area contributed by atoms with Gasteiger partial charge in [-0.05, 0) is 20.0 Å². The number of nitrogens with two attached hydrogens (primary N) is 2. The molecule has 0 rings (SSSR count). The van der Waals surface area contributed by atoms with E-state index >= 15 is 0 Å². The standard InChI is InChI=1S/2C2H7N.C2H7O3P/c2*1-2-3;1-2-5-6(3)4/h2*2-3H2,1H3;3-4H,2H2,1H3. The van der Waals surface area contributed by atoms with Gasteiger partial charge in [0.05, 0.1) is 6.61 Å². The number of rotatable bonds is 2. The first-order valence-corrected chi connectivity index (χ1v) is 4.97. The van der Waals surface area contributed by atoms with Gasteiger partial charge in [-0.3, -0.25) is 0 Å². The summed E-state index contributed by atoms with van der Waals surface area (Å²) < 4.78 is 4.22. The zero-order valence-corrected chi connectivity index (χ0v) is 8.92. The van der Waals surface area contributed by atoms with E-state index in [1.165, 1.54) is 0 Å². The lowest BCUT2D eigenvalue weighted by atomic mass is 10.8. The van der Waals surface area contributed by atoms with Crippen molar-refractivity contribution in [3.05, 3.63) is 0 Å². The molecule has 12 heavy (non-hydrogen) atoms. The molecule has 0 aromatic heterocycles. The van der Waals surface area contributed by atoms with E-state index in [9.17, 15) is 0 Å². The van der Waals surface area contributed by atoms with Gasteiger partial charge in [-0.25, -0.2) is 0 Å². The van der Waals surface area contributed by atoms with Gasteiger partial charge in [0.25, 0.3) is 0 Å². The van der Waals surface area contributed by atoms with Gasteiger partial charge < -0.3 is 25.8 Å². The Labute approximate surface area is 75.7 Å². The van der Waals surface area contributed by atoms with Crippen LogP contribution in [0.4, 0.5) is 0 Å². The fourth-order valence-electron chi connectivity index (χ4n) is 0.115. The van der Waals surface area contributed by atoms with Crippen molar-refractivity contribution >= 4 is 8.60 Å². The summed E-state index contributed by atoms with van der Waals surface area (Å²) in [6.45, 7) is 7.36. The average molecular weight is 200 g/mol. The third-order valence-corrected chi connectivity index (χ3v) is 0.734. The van der Waals surface area contributed by atoms with Crippen LogP contribution in [0.15, 0.2) is 0 Å². The lowest BCUT2D eigenvalue weighted by Crippen LogP contribution is -1.87. The first kappa shape index (κ1) is 18.1. The molecule has 0 aliphatic rings. The minimum absolute atomic E-state index is 0.360. The number of hydrogen-bond acceptors (Lipinski definition) is 5. The summed E-state index contributed by atoms with van der Waals surface area (Å²) in [5.74, 6) is 0. The molecule has 0 aromatic carbocycles. The molecule has 0 radical (unpaired) electrons. The highest BCUT2D eigenvalue weighted by Crippen LogP contribution is 2.22. The summed E-state index contributed by atoms with van der Waals surface area (Å²) in [4.78, 5) is 15.9. The smallest absolute Gasteiger partial charge is 0.327 e. The molecule has 6 N–H and O–H groups in total. The van der Waals surface area contributed by atoms with Crippen LogP contribution in [0.2, 0.25) is 0 Å². The molecule has 0 saturated carbocycles. The van der Waals surface area contributed by atoms with Gasteiger partial charge in [-0.1, -0.05) is 13.8 Å². The van der Waals surface area contributed by atoms with Gasteiger partial charge in [0, 0.05) is 0 Å². The molecule has 0 fully saturated rings. The minimum Gasteiger partial charge on any atom is -0.331 e. The molecule has 0 amide bonds. The van der Waals surface area contributed by atoms with Crippen molar-refractivity contribution in [3.63, 3.8) is 0 Å². The lowest BCUT2D eigenvalue weighted by Gasteiger charge is -1.95. The van der Waals surface area contributed by atoms with Crippen molar-refractivity contribution in [1.82, 2.24) is 0 Å². The predicted molar refractivity (Wildman–Crippen MR) is 52.4 cm³/mol. The van der Waals surface area contributed by atoms with Crippen LogP contribution in [0.3, 0.4) is 0 Å². The van der Waals surface area contributed by atoms with Crippen LogP contribution in [0.25, 0.3) is 0 Å². The average Bonchev–Trinajstić information content (AvgIpc) is 1.89. The van der Waals surface area contributed by atoms with Crippen molar-refractivity contribution in [2.75, 3.05) is 19.7 Å². The van der Waals surface area contributed by atoms with Gasteiger partial charge in [0.2, 0.25) is 0 Å². The van der Waals surface area contributed by atoms with Crippen molar-refractivity contribution in [2.45, 2.75) is 20.8 Å². The Hall–Kier alpha value is 0.230. The summed E-state index contributed by atoms with van der Waals surface area (Å²) in [5.41, 5.74) is 9.69. The molecule has 5 nitrogen and oxygen atoms in total. The molecule has 0 heterocycles. The molecule has 0 aliphatic carbocycles. The van der Waals surface area contributed by atoms with Crippen LogP contribution in [0.1, 0.15) is 20.8 Å². The maximum atomic E-state index is 7.95. The highest BCUT2D eigenvalue weighted by Gasteiger charge is 1.91. The third-order valence-electron chi connectivity index (χ3n) is 0.245. The molecule has 0 saturated heterocycles. The molecule has 78 valence electrons. The summed E-state index contributed by atoms with van der Waals surface area (Å²) in [5, 5.41) is 0. The van der Waals surface area contributed by atoms with E-state index in [1.807, 2.05) is 13.8 Å². The molecule has 0 aliphatic heterocycles. The van der Waals surface area contributed by atoms with Crippen molar-refractivity contribution < 1.29 is 14.3 Å². The molecule has 0 bridgehead atoms. The molecule has 0 atom stereocenters. The van der Waals surface area contributed by atoms with Crippen molar-refractivity contribution in [1.29, 1.82) is 0 Å². The third kappa shape index (κ3) is 83.5. The summed E-state index contributed by atoms with van der Waals surface area (Å²) in [7, 11) is -2.10. The fraction of sp³-hybridized carbons (Fsp3) is 1.00. The second-order valence-corrected chi connectivity index (χ2v) is 2.25. The first-order valence-electron chi connectivity index (χ1n) is 3.81. The Morgan fingerprint density at radius 3 is 1.33 bits per heavy atom. The summed E-state index contributed by atoms with van der Waals surface area (Å²) in [6, 6.07) is 0. The van der Waals surface area contributed by atoms with Crippen LogP contribution < -0.4 is 11.5 Å². The highest BCUT2D eigenvalue weighted by atomic mass is 31.2. The van der Waals surface area contributed by atoms with E-state index in [2.05, 4.69) is 4.52 Å². The Balaban J connectivity index is -0.000000115. The Morgan fingerprint density at radius 1 is 1.08 bits per heavy atom. The van der Waals surface area contributed by atoms with Gasteiger partial charge in [0.15, 0.2) is 0 Å². The zero-order chi connectivity index (χ0) is 10.4. The predicted octanol–water partition coefficient (Wildman–Crippen LogP) is 0.164. The quantitative estimate of drug-likeness (QED) is 0.476. The van der Waals surface area contributed by atoms with Crippen molar-refractivity contribution in [3.8, 4) is 0 Å². The monoisotopic (exact) mass is 200 g/mol. The largest absolute Gasteiger partial charge is 0.331 e. The molecule has 6 heteroatoms. The van der Waals surface area contributed by atoms with Crippen LogP contribution in [-0.2, 0) is 4.52 Å². The lowest BCUT2D eigenvalue weighted by molar-refractivity contribution is 0.269. The summed E-state index contributed by atoms with van der Waals surface area (Å²) >= 11 is 0. The maximum Gasteiger partial charge on any atom is 0.327 e. The minimum atomic E-state index is -2.10. The zero-order valence-electron chi connectivity index (χ0n) is 8.03. The van der Waals surface area contributed by atoms with E-state index in [4.69, 9.17) is 21.3 Å². The molecular weight excluding hydrogens is 179 g/mol. The normalized spacial score (nSPS) is 8.00. The van der Waals surface area contributed by atoms with E-state index < -0.39 is 8.60 Å². The first-order chi connectivity index (χ1) is 5.60. The molecule has 0 aromatic rings. The topological polar surface area (TPSA) is 102 Å². The second-order valence-electron chi connectivity index (χ2n) is 1.49. The Morgan fingerprint density at radius 2 is 1.33 bits per heavy atom. The molecule has 0 spiro atoms.